The molecule has 0 aliphatic carbocycles. The van der Waals surface area contributed by atoms with Crippen molar-refractivity contribution in [3.05, 3.63) is 71.8 Å². The van der Waals surface area contributed by atoms with Crippen LogP contribution in [0.1, 0.15) is 44.7 Å². The van der Waals surface area contributed by atoms with Gasteiger partial charge in [0.2, 0.25) is 5.91 Å². The fraction of sp³-hybridized carbons (Fsp3) is 0.350. The van der Waals surface area contributed by atoms with Crippen LogP contribution in [0, 0.1) is 5.41 Å². The zero-order valence-electron chi connectivity index (χ0n) is 13.8. The molecule has 2 rings (SSSR count). The van der Waals surface area contributed by atoms with Crippen molar-refractivity contribution in [1.82, 2.24) is 5.32 Å². The summed E-state index contributed by atoms with van der Waals surface area (Å²) in [6, 6.07) is 20.0. The van der Waals surface area contributed by atoms with E-state index in [1.807, 2.05) is 60.7 Å². The third-order valence-corrected chi connectivity index (χ3v) is 4.19. The van der Waals surface area contributed by atoms with Crippen molar-refractivity contribution in [2.24, 2.45) is 5.41 Å². The number of carbonyl (C=O) groups excluding carboxylic acids is 1. The van der Waals surface area contributed by atoms with Gasteiger partial charge in [-0.3, -0.25) is 4.79 Å². The van der Waals surface area contributed by atoms with Crippen LogP contribution in [0.25, 0.3) is 0 Å². The van der Waals surface area contributed by atoms with Gasteiger partial charge in [-0.1, -0.05) is 81.4 Å². The van der Waals surface area contributed by atoms with Crippen LogP contribution in [0.5, 0.6) is 0 Å². The molecule has 2 aromatic carbocycles. The third-order valence-electron chi connectivity index (χ3n) is 4.19. The fourth-order valence-electron chi connectivity index (χ4n) is 2.30. The van der Waals surface area contributed by atoms with Crippen molar-refractivity contribution < 1.29 is 4.79 Å². The molecule has 0 aliphatic rings. The average Bonchev–Trinajstić information content (AvgIpc) is 2.48. The van der Waals surface area contributed by atoms with Gasteiger partial charge in [-0.15, -0.1) is 0 Å². The molecule has 0 unspecified atom stereocenters. The third kappa shape index (κ3) is 3.97. The van der Waals surface area contributed by atoms with E-state index in [4.69, 9.17) is 0 Å². The summed E-state index contributed by atoms with van der Waals surface area (Å²) in [7, 11) is 0. The van der Waals surface area contributed by atoms with E-state index in [0.717, 1.165) is 11.1 Å². The highest BCUT2D eigenvalue weighted by Crippen LogP contribution is 2.26. The second-order valence-electron chi connectivity index (χ2n) is 6.85. The molecule has 22 heavy (non-hydrogen) atoms. The zero-order valence-corrected chi connectivity index (χ0v) is 13.8. The molecule has 1 atom stereocenters. The lowest BCUT2D eigenvalue weighted by molar-refractivity contribution is -0.123. The molecule has 0 bridgehead atoms. The van der Waals surface area contributed by atoms with Crippen LogP contribution < -0.4 is 5.32 Å². The average molecular weight is 295 g/mol. The number of benzene rings is 2. The molecule has 0 aliphatic heterocycles. The fourth-order valence-corrected chi connectivity index (χ4v) is 2.30. The molecular weight excluding hydrogens is 270 g/mol. The maximum absolute atomic E-state index is 12.9. The Morgan fingerprint density at radius 2 is 1.27 bits per heavy atom. The van der Waals surface area contributed by atoms with Crippen LogP contribution in [0.3, 0.4) is 0 Å². The van der Waals surface area contributed by atoms with Gasteiger partial charge in [0.25, 0.3) is 0 Å². The summed E-state index contributed by atoms with van der Waals surface area (Å²) in [5.74, 6) is -0.216. The monoisotopic (exact) mass is 295 g/mol. The first kappa shape index (κ1) is 16.3. The molecule has 0 spiro atoms. The smallest absolute Gasteiger partial charge is 0.232 e. The summed E-state index contributed by atoms with van der Waals surface area (Å²) < 4.78 is 0. The standard InChI is InChI=1S/C20H25NO/c1-15(20(2,3)4)21-19(22)18(16-11-7-5-8-12-16)17-13-9-6-10-14-17/h5-15,18H,1-4H3,(H,21,22)/t15-/m0/s1. The minimum absolute atomic E-state index is 0.0353. The van der Waals surface area contributed by atoms with E-state index in [-0.39, 0.29) is 23.3 Å². The molecule has 116 valence electrons. The normalized spacial score (nSPS) is 13.0. The summed E-state index contributed by atoms with van der Waals surface area (Å²) in [5.41, 5.74) is 2.08. The first-order valence-corrected chi connectivity index (χ1v) is 7.80. The number of amides is 1. The summed E-state index contributed by atoms with van der Waals surface area (Å²) in [4.78, 5) is 12.9. The van der Waals surface area contributed by atoms with E-state index in [9.17, 15) is 4.79 Å². The maximum Gasteiger partial charge on any atom is 0.232 e. The molecule has 0 saturated carbocycles. The zero-order chi connectivity index (χ0) is 16.2. The van der Waals surface area contributed by atoms with Gasteiger partial charge in [0.1, 0.15) is 0 Å². The number of hydrogen-bond donors (Lipinski definition) is 1. The van der Waals surface area contributed by atoms with E-state index < -0.39 is 0 Å². The quantitative estimate of drug-likeness (QED) is 0.891. The molecule has 0 saturated heterocycles. The molecule has 0 aromatic heterocycles. The topological polar surface area (TPSA) is 29.1 Å². The highest BCUT2D eigenvalue weighted by molar-refractivity contribution is 5.87. The molecule has 1 amide bonds. The van der Waals surface area contributed by atoms with Crippen molar-refractivity contribution >= 4 is 5.91 Å². The van der Waals surface area contributed by atoms with Crippen molar-refractivity contribution in [3.8, 4) is 0 Å². The Balaban J connectivity index is 2.32. The Morgan fingerprint density at radius 1 is 0.864 bits per heavy atom. The summed E-state index contributed by atoms with van der Waals surface area (Å²) in [6.07, 6.45) is 0. The minimum Gasteiger partial charge on any atom is -0.352 e. The Labute approximate surface area is 133 Å². The maximum atomic E-state index is 12.9. The largest absolute Gasteiger partial charge is 0.352 e. The van der Waals surface area contributed by atoms with Crippen molar-refractivity contribution in [2.75, 3.05) is 0 Å². The Hall–Kier alpha value is -2.09. The van der Waals surface area contributed by atoms with E-state index in [0.29, 0.717) is 0 Å². The predicted octanol–water partition coefficient (Wildman–Crippen LogP) is 4.37. The molecular formula is C20H25NO. The van der Waals surface area contributed by atoms with E-state index >= 15 is 0 Å². The molecule has 0 radical (unpaired) electrons. The van der Waals surface area contributed by atoms with Crippen LogP contribution in [0.4, 0.5) is 0 Å². The van der Waals surface area contributed by atoms with Gasteiger partial charge in [-0.05, 0) is 23.5 Å². The molecule has 2 heteroatoms. The van der Waals surface area contributed by atoms with Gasteiger partial charge < -0.3 is 5.32 Å². The number of carbonyl (C=O) groups is 1. The number of hydrogen-bond acceptors (Lipinski definition) is 1. The molecule has 1 N–H and O–H groups in total. The highest BCUT2D eigenvalue weighted by atomic mass is 16.1. The van der Waals surface area contributed by atoms with E-state index in [1.165, 1.54) is 0 Å². The van der Waals surface area contributed by atoms with Gasteiger partial charge in [0.15, 0.2) is 0 Å². The molecule has 0 fully saturated rings. The Kier molecular flexibility index (Phi) is 5.02. The van der Waals surface area contributed by atoms with Gasteiger partial charge in [-0.25, -0.2) is 0 Å². The van der Waals surface area contributed by atoms with Gasteiger partial charge >= 0.3 is 0 Å². The second-order valence-corrected chi connectivity index (χ2v) is 6.85. The van der Waals surface area contributed by atoms with Gasteiger partial charge in [-0.2, -0.15) is 0 Å². The van der Waals surface area contributed by atoms with Gasteiger partial charge in [0.05, 0.1) is 5.92 Å². The van der Waals surface area contributed by atoms with Crippen LogP contribution in [-0.2, 0) is 4.79 Å². The van der Waals surface area contributed by atoms with Crippen LogP contribution in [0.15, 0.2) is 60.7 Å². The Morgan fingerprint density at radius 3 is 1.64 bits per heavy atom. The van der Waals surface area contributed by atoms with Crippen LogP contribution in [0.2, 0.25) is 0 Å². The lowest BCUT2D eigenvalue weighted by Crippen LogP contribution is -2.43. The first-order chi connectivity index (χ1) is 10.4. The highest BCUT2D eigenvalue weighted by Gasteiger charge is 2.27. The molecule has 2 nitrogen and oxygen atoms in total. The number of nitrogens with one attached hydrogen (secondary N) is 1. The van der Waals surface area contributed by atoms with E-state index in [1.54, 1.807) is 0 Å². The number of rotatable bonds is 4. The van der Waals surface area contributed by atoms with Gasteiger partial charge in [0, 0.05) is 6.04 Å². The summed E-state index contributed by atoms with van der Waals surface area (Å²) in [6.45, 7) is 8.47. The molecule has 0 heterocycles. The second kappa shape index (κ2) is 6.78. The van der Waals surface area contributed by atoms with Crippen LogP contribution >= 0.6 is 0 Å². The lowest BCUT2D eigenvalue weighted by Gasteiger charge is -2.30. The van der Waals surface area contributed by atoms with Crippen molar-refractivity contribution in [3.63, 3.8) is 0 Å². The van der Waals surface area contributed by atoms with E-state index in [2.05, 4.69) is 33.0 Å². The molecule has 2 aromatic rings. The summed E-state index contributed by atoms with van der Waals surface area (Å²) in [5, 5.41) is 3.18. The van der Waals surface area contributed by atoms with Crippen LogP contribution in [-0.4, -0.2) is 11.9 Å². The van der Waals surface area contributed by atoms with Crippen molar-refractivity contribution in [1.29, 1.82) is 0 Å². The van der Waals surface area contributed by atoms with Crippen molar-refractivity contribution in [2.45, 2.75) is 39.7 Å². The predicted molar refractivity (Wildman–Crippen MR) is 91.8 cm³/mol. The SMILES string of the molecule is C[C@H](NC(=O)C(c1ccccc1)c1ccccc1)C(C)(C)C. The minimum atomic E-state index is -0.271. The summed E-state index contributed by atoms with van der Waals surface area (Å²) >= 11 is 0. The Bertz CT molecular complexity index is 559. The first-order valence-electron chi connectivity index (χ1n) is 7.80. The lowest BCUT2D eigenvalue weighted by atomic mass is 9.86.